The lowest BCUT2D eigenvalue weighted by Crippen LogP contribution is -2.29. The molecule has 1 unspecified atom stereocenters. The molecule has 0 saturated carbocycles. The molecular formula is C13H18FNO. The normalized spacial score (nSPS) is 19.4. The number of hydrogen-bond donors (Lipinski definition) is 1. The third-order valence-corrected chi connectivity index (χ3v) is 2.78. The van der Waals surface area contributed by atoms with Gasteiger partial charge in [-0.1, -0.05) is 13.8 Å². The van der Waals surface area contributed by atoms with E-state index in [0.717, 1.165) is 24.3 Å². The fourth-order valence-electron chi connectivity index (χ4n) is 1.96. The summed E-state index contributed by atoms with van der Waals surface area (Å²) in [6, 6.07) is 4.96. The van der Waals surface area contributed by atoms with Crippen LogP contribution in [0.3, 0.4) is 0 Å². The highest BCUT2D eigenvalue weighted by atomic mass is 19.1. The van der Waals surface area contributed by atoms with E-state index in [1.165, 1.54) is 6.07 Å². The minimum Gasteiger partial charge on any atom is -0.493 e. The maximum Gasteiger partial charge on any atom is 0.124 e. The highest BCUT2D eigenvalue weighted by Crippen LogP contribution is 2.32. The van der Waals surface area contributed by atoms with Crippen LogP contribution in [0.15, 0.2) is 18.2 Å². The predicted molar refractivity (Wildman–Crippen MR) is 62.1 cm³/mol. The monoisotopic (exact) mass is 223 g/mol. The maximum absolute atomic E-state index is 13.2. The highest BCUT2D eigenvalue weighted by molar-refractivity contribution is 5.37. The number of rotatable bonds is 3. The molecule has 0 radical (unpaired) electrons. The molecule has 0 fully saturated rings. The SMILES string of the molecule is CC(C)CNC1CCOc2ccc(F)cc21. The Morgan fingerprint density at radius 3 is 3.06 bits per heavy atom. The van der Waals surface area contributed by atoms with Gasteiger partial charge in [0, 0.05) is 18.0 Å². The van der Waals surface area contributed by atoms with Gasteiger partial charge in [0.25, 0.3) is 0 Å². The predicted octanol–water partition coefficient (Wildman–Crippen LogP) is 2.89. The van der Waals surface area contributed by atoms with Crippen molar-refractivity contribution in [1.29, 1.82) is 0 Å². The van der Waals surface area contributed by atoms with E-state index >= 15 is 0 Å². The second-order valence-corrected chi connectivity index (χ2v) is 4.67. The van der Waals surface area contributed by atoms with Crippen molar-refractivity contribution in [3.8, 4) is 5.75 Å². The number of fused-ring (bicyclic) bond motifs is 1. The Morgan fingerprint density at radius 1 is 1.50 bits per heavy atom. The maximum atomic E-state index is 13.2. The summed E-state index contributed by atoms with van der Waals surface area (Å²) in [4.78, 5) is 0. The van der Waals surface area contributed by atoms with E-state index in [1.807, 2.05) is 0 Å². The molecule has 1 aliphatic rings. The van der Waals surface area contributed by atoms with Crippen LogP contribution in [-0.4, -0.2) is 13.2 Å². The Kier molecular flexibility index (Phi) is 3.44. The minimum atomic E-state index is -0.194. The Morgan fingerprint density at radius 2 is 2.31 bits per heavy atom. The van der Waals surface area contributed by atoms with Gasteiger partial charge in [0.05, 0.1) is 6.61 Å². The van der Waals surface area contributed by atoms with Crippen LogP contribution in [0, 0.1) is 11.7 Å². The molecule has 0 bridgehead atoms. The first-order chi connectivity index (χ1) is 7.66. The van der Waals surface area contributed by atoms with E-state index in [0.29, 0.717) is 12.5 Å². The largest absolute Gasteiger partial charge is 0.493 e. The molecule has 1 atom stereocenters. The third-order valence-electron chi connectivity index (χ3n) is 2.78. The quantitative estimate of drug-likeness (QED) is 0.850. The first-order valence-corrected chi connectivity index (χ1v) is 5.82. The fourth-order valence-corrected chi connectivity index (χ4v) is 1.96. The minimum absolute atomic E-state index is 0.194. The first kappa shape index (κ1) is 11.4. The molecule has 0 aliphatic carbocycles. The van der Waals surface area contributed by atoms with Gasteiger partial charge in [0.2, 0.25) is 0 Å². The molecule has 1 aliphatic heterocycles. The van der Waals surface area contributed by atoms with E-state index in [1.54, 1.807) is 12.1 Å². The zero-order chi connectivity index (χ0) is 11.5. The molecule has 0 spiro atoms. The summed E-state index contributed by atoms with van der Waals surface area (Å²) in [5.41, 5.74) is 0.951. The summed E-state index contributed by atoms with van der Waals surface area (Å²) in [6.07, 6.45) is 0.906. The molecule has 3 heteroatoms. The van der Waals surface area contributed by atoms with E-state index in [4.69, 9.17) is 4.74 Å². The van der Waals surface area contributed by atoms with Crippen LogP contribution in [0.5, 0.6) is 5.75 Å². The van der Waals surface area contributed by atoms with Crippen LogP contribution in [0.25, 0.3) is 0 Å². The molecular weight excluding hydrogens is 205 g/mol. The van der Waals surface area contributed by atoms with Crippen LogP contribution in [-0.2, 0) is 0 Å². The zero-order valence-electron chi connectivity index (χ0n) is 9.79. The highest BCUT2D eigenvalue weighted by Gasteiger charge is 2.21. The Labute approximate surface area is 95.8 Å². The third kappa shape index (κ3) is 2.53. The first-order valence-electron chi connectivity index (χ1n) is 5.82. The zero-order valence-corrected chi connectivity index (χ0v) is 9.79. The lowest BCUT2D eigenvalue weighted by atomic mass is 10.00. The molecule has 2 rings (SSSR count). The molecule has 0 amide bonds. The van der Waals surface area contributed by atoms with Crippen molar-refractivity contribution in [2.75, 3.05) is 13.2 Å². The van der Waals surface area contributed by atoms with Gasteiger partial charge in [-0.15, -0.1) is 0 Å². The topological polar surface area (TPSA) is 21.3 Å². The van der Waals surface area contributed by atoms with Crippen molar-refractivity contribution in [1.82, 2.24) is 5.32 Å². The average molecular weight is 223 g/mol. The second kappa shape index (κ2) is 4.83. The van der Waals surface area contributed by atoms with Crippen molar-refractivity contribution >= 4 is 0 Å². The van der Waals surface area contributed by atoms with Crippen molar-refractivity contribution in [3.63, 3.8) is 0 Å². The van der Waals surface area contributed by atoms with Crippen molar-refractivity contribution < 1.29 is 9.13 Å². The van der Waals surface area contributed by atoms with Crippen LogP contribution in [0.1, 0.15) is 31.9 Å². The van der Waals surface area contributed by atoms with Gasteiger partial charge in [-0.3, -0.25) is 0 Å². The van der Waals surface area contributed by atoms with E-state index in [2.05, 4.69) is 19.2 Å². The number of halogens is 1. The number of nitrogens with one attached hydrogen (secondary N) is 1. The average Bonchev–Trinajstić information content (AvgIpc) is 2.26. The molecule has 0 aromatic heterocycles. The lowest BCUT2D eigenvalue weighted by molar-refractivity contribution is 0.249. The summed E-state index contributed by atoms with van der Waals surface area (Å²) in [7, 11) is 0. The molecule has 88 valence electrons. The summed E-state index contributed by atoms with van der Waals surface area (Å²) < 4.78 is 18.7. The summed E-state index contributed by atoms with van der Waals surface area (Å²) in [5.74, 6) is 1.22. The van der Waals surface area contributed by atoms with Crippen LogP contribution >= 0.6 is 0 Å². The Hall–Kier alpha value is -1.09. The molecule has 0 saturated heterocycles. The van der Waals surface area contributed by atoms with E-state index in [-0.39, 0.29) is 11.9 Å². The molecule has 1 heterocycles. The van der Waals surface area contributed by atoms with Crippen molar-refractivity contribution in [2.45, 2.75) is 26.3 Å². The lowest BCUT2D eigenvalue weighted by Gasteiger charge is -2.27. The fraction of sp³-hybridized carbons (Fsp3) is 0.538. The molecule has 1 N–H and O–H groups in total. The molecule has 2 nitrogen and oxygen atoms in total. The van der Waals surface area contributed by atoms with Crippen LogP contribution in [0.4, 0.5) is 4.39 Å². The molecule has 1 aromatic rings. The van der Waals surface area contributed by atoms with Gasteiger partial charge in [-0.05, 0) is 30.7 Å². The summed E-state index contributed by atoms with van der Waals surface area (Å²) in [5, 5.41) is 3.46. The van der Waals surface area contributed by atoms with Gasteiger partial charge in [0.15, 0.2) is 0 Å². The van der Waals surface area contributed by atoms with Crippen LogP contribution in [0.2, 0.25) is 0 Å². The molecule has 1 aromatic carbocycles. The Bertz CT molecular complexity index is 365. The van der Waals surface area contributed by atoms with Gasteiger partial charge >= 0.3 is 0 Å². The molecule has 16 heavy (non-hydrogen) atoms. The van der Waals surface area contributed by atoms with Crippen LogP contribution < -0.4 is 10.1 Å². The summed E-state index contributed by atoms with van der Waals surface area (Å²) in [6.45, 7) is 5.98. The van der Waals surface area contributed by atoms with Gasteiger partial charge in [-0.2, -0.15) is 0 Å². The van der Waals surface area contributed by atoms with Gasteiger partial charge in [0.1, 0.15) is 11.6 Å². The number of benzene rings is 1. The van der Waals surface area contributed by atoms with Gasteiger partial charge in [-0.25, -0.2) is 4.39 Å². The number of ether oxygens (including phenoxy) is 1. The smallest absolute Gasteiger partial charge is 0.124 e. The second-order valence-electron chi connectivity index (χ2n) is 4.67. The number of hydrogen-bond acceptors (Lipinski definition) is 2. The van der Waals surface area contributed by atoms with Crippen molar-refractivity contribution in [3.05, 3.63) is 29.6 Å². The van der Waals surface area contributed by atoms with E-state index in [9.17, 15) is 4.39 Å². The van der Waals surface area contributed by atoms with E-state index < -0.39 is 0 Å². The van der Waals surface area contributed by atoms with Crippen molar-refractivity contribution in [2.24, 2.45) is 5.92 Å². The standard InChI is InChI=1S/C13H18FNO/c1-9(2)8-15-12-5-6-16-13-4-3-10(14)7-11(12)13/h3-4,7,9,12,15H,5-6,8H2,1-2H3. The van der Waals surface area contributed by atoms with Gasteiger partial charge < -0.3 is 10.1 Å². The Balaban J connectivity index is 2.15. The summed E-state index contributed by atoms with van der Waals surface area (Å²) >= 11 is 0.